The van der Waals surface area contributed by atoms with Crippen molar-refractivity contribution in [2.45, 2.75) is 26.2 Å². The van der Waals surface area contributed by atoms with E-state index < -0.39 is 17.7 Å². The molecule has 0 bridgehead atoms. The summed E-state index contributed by atoms with van der Waals surface area (Å²) in [6.45, 7) is 3.34. The van der Waals surface area contributed by atoms with E-state index in [1.54, 1.807) is 0 Å². The lowest BCUT2D eigenvalue weighted by atomic mass is 10.0. The number of carbonyl (C=O) groups is 1. The third-order valence-electron chi connectivity index (χ3n) is 2.30. The molecular formula is C8H13F2NO. The molecule has 0 spiro atoms. The molecule has 0 aromatic carbocycles. The Kier molecular flexibility index (Phi) is 2.35. The summed E-state index contributed by atoms with van der Waals surface area (Å²) in [6.07, 6.45) is 0.938. The van der Waals surface area contributed by atoms with Crippen LogP contribution < -0.4 is 0 Å². The molecular weight excluding hydrogens is 164 g/mol. The summed E-state index contributed by atoms with van der Waals surface area (Å²) in [5, 5.41) is 0. The molecule has 0 N–H and O–H groups in total. The fraction of sp³-hybridized carbons (Fsp3) is 0.875. The molecule has 1 aliphatic heterocycles. The summed E-state index contributed by atoms with van der Waals surface area (Å²) >= 11 is 0. The van der Waals surface area contributed by atoms with Crippen molar-refractivity contribution in [2.24, 2.45) is 5.92 Å². The molecule has 4 heteroatoms. The van der Waals surface area contributed by atoms with E-state index in [0.29, 0.717) is 13.1 Å². The van der Waals surface area contributed by atoms with Crippen LogP contribution >= 0.6 is 0 Å². The van der Waals surface area contributed by atoms with Gasteiger partial charge in [-0.25, -0.2) is 8.78 Å². The molecule has 0 saturated carbocycles. The largest absolute Gasteiger partial charge is 0.342 e. The van der Waals surface area contributed by atoms with Gasteiger partial charge in [-0.1, -0.05) is 0 Å². The highest BCUT2D eigenvalue weighted by atomic mass is 19.3. The minimum absolute atomic E-state index is 0.422. The zero-order chi connectivity index (χ0) is 9.35. The van der Waals surface area contributed by atoms with Crippen LogP contribution in [0.2, 0.25) is 0 Å². The Bertz CT molecular complexity index is 184. The average Bonchev–Trinajstić information content (AvgIpc) is 1.79. The fourth-order valence-electron chi connectivity index (χ4n) is 1.03. The Labute approximate surface area is 70.5 Å². The molecule has 70 valence electrons. The fourth-order valence-corrected chi connectivity index (χ4v) is 1.03. The van der Waals surface area contributed by atoms with Crippen LogP contribution in [0.4, 0.5) is 8.78 Å². The van der Waals surface area contributed by atoms with Crippen molar-refractivity contribution >= 4 is 5.91 Å². The number of hydrogen-bond donors (Lipinski definition) is 0. The molecule has 2 nitrogen and oxygen atoms in total. The van der Waals surface area contributed by atoms with E-state index in [-0.39, 0.29) is 0 Å². The van der Waals surface area contributed by atoms with Crippen LogP contribution in [0.3, 0.4) is 0 Å². The number of carbonyl (C=O) groups excluding carboxylic acids is 1. The Hall–Kier alpha value is -0.670. The van der Waals surface area contributed by atoms with Gasteiger partial charge in [-0.15, -0.1) is 0 Å². The smallest absolute Gasteiger partial charge is 0.256 e. The van der Waals surface area contributed by atoms with Gasteiger partial charge in [-0.05, 0) is 13.3 Å². The van der Waals surface area contributed by atoms with Gasteiger partial charge in [0, 0.05) is 20.0 Å². The second-order valence-corrected chi connectivity index (χ2v) is 3.36. The van der Waals surface area contributed by atoms with Gasteiger partial charge < -0.3 is 4.90 Å². The Morgan fingerprint density at radius 3 is 2.25 bits per heavy atom. The maximum Gasteiger partial charge on any atom is 0.256 e. The summed E-state index contributed by atoms with van der Waals surface area (Å²) in [7, 11) is 0. The minimum atomic E-state index is -2.90. The van der Waals surface area contributed by atoms with Crippen molar-refractivity contribution in [1.29, 1.82) is 0 Å². The van der Waals surface area contributed by atoms with Gasteiger partial charge in [0.1, 0.15) is 0 Å². The molecule has 1 aliphatic rings. The third kappa shape index (κ3) is 1.73. The molecule has 1 unspecified atom stereocenters. The van der Waals surface area contributed by atoms with Crippen molar-refractivity contribution < 1.29 is 13.6 Å². The Balaban J connectivity index is 2.51. The van der Waals surface area contributed by atoms with E-state index in [1.807, 2.05) is 0 Å². The number of hydrogen-bond acceptors (Lipinski definition) is 1. The SMILES string of the molecule is CC(C(=O)N1CCC1)C(C)(F)F. The second-order valence-electron chi connectivity index (χ2n) is 3.36. The van der Waals surface area contributed by atoms with Gasteiger partial charge in [-0.2, -0.15) is 0 Å². The number of amides is 1. The van der Waals surface area contributed by atoms with Crippen LogP contribution in [0.1, 0.15) is 20.3 Å². The number of likely N-dealkylation sites (tertiary alicyclic amines) is 1. The van der Waals surface area contributed by atoms with Crippen LogP contribution in [0.5, 0.6) is 0 Å². The zero-order valence-corrected chi connectivity index (χ0v) is 7.31. The maximum absolute atomic E-state index is 12.6. The van der Waals surface area contributed by atoms with Gasteiger partial charge in [-0.3, -0.25) is 4.79 Å². The lowest BCUT2D eigenvalue weighted by Gasteiger charge is -2.34. The highest BCUT2D eigenvalue weighted by Gasteiger charge is 2.39. The molecule has 1 amide bonds. The number of rotatable bonds is 2. The Morgan fingerprint density at radius 2 is 2.00 bits per heavy atom. The van der Waals surface area contributed by atoms with Crippen LogP contribution in [0.15, 0.2) is 0 Å². The van der Waals surface area contributed by atoms with Crippen LogP contribution in [0, 0.1) is 5.92 Å². The summed E-state index contributed by atoms with van der Waals surface area (Å²) < 4.78 is 25.3. The highest BCUT2D eigenvalue weighted by Crippen LogP contribution is 2.26. The van der Waals surface area contributed by atoms with E-state index in [4.69, 9.17) is 0 Å². The molecule has 1 rings (SSSR count). The second kappa shape index (κ2) is 2.99. The van der Waals surface area contributed by atoms with Crippen LogP contribution in [-0.2, 0) is 4.79 Å². The summed E-state index contributed by atoms with van der Waals surface area (Å²) in [4.78, 5) is 12.7. The minimum Gasteiger partial charge on any atom is -0.342 e. The van der Waals surface area contributed by atoms with E-state index >= 15 is 0 Å². The van der Waals surface area contributed by atoms with Gasteiger partial charge >= 0.3 is 0 Å². The van der Waals surface area contributed by atoms with E-state index in [1.165, 1.54) is 11.8 Å². The topological polar surface area (TPSA) is 20.3 Å². The van der Waals surface area contributed by atoms with Crippen molar-refractivity contribution in [2.75, 3.05) is 13.1 Å². The predicted octanol–water partition coefficient (Wildman–Crippen LogP) is 1.51. The van der Waals surface area contributed by atoms with Crippen molar-refractivity contribution in [1.82, 2.24) is 4.90 Å². The first-order chi connectivity index (χ1) is 5.43. The van der Waals surface area contributed by atoms with Gasteiger partial charge in [0.2, 0.25) is 5.91 Å². The molecule has 1 fully saturated rings. The lowest BCUT2D eigenvalue weighted by Crippen LogP contribution is -2.48. The first-order valence-electron chi connectivity index (χ1n) is 4.09. The maximum atomic E-state index is 12.6. The molecule has 0 aromatic heterocycles. The highest BCUT2D eigenvalue weighted by molar-refractivity contribution is 5.80. The van der Waals surface area contributed by atoms with Gasteiger partial charge in [0.15, 0.2) is 0 Å². The lowest BCUT2D eigenvalue weighted by molar-refractivity contribution is -0.150. The van der Waals surface area contributed by atoms with Crippen molar-refractivity contribution in [3.63, 3.8) is 0 Å². The van der Waals surface area contributed by atoms with E-state index in [0.717, 1.165) is 13.3 Å². The Morgan fingerprint density at radius 1 is 1.50 bits per heavy atom. The zero-order valence-electron chi connectivity index (χ0n) is 7.31. The van der Waals surface area contributed by atoms with Crippen LogP contribution in [0.25, 0.3) is 0 Å². The third-order valence-corrected chi connectivity index (χ3v) is 2.30. The summed E-state index contributed by atoms with van der Waals surface area (Å²) in [6, 6.07) is 0. The molecule has 1 heterocycles. The number of nitrogens with zero attached hydrogens (tertiary/aromatic N) is 1. The van der Waals surface area contributed by atoms with Gasteiger partial charge in [0.05, 0.1) is 5.92 Å². The quantitative estimate of drug-likeness (QED) is 0.626. The monoisotopic (exact) mass is 177 g/mol. The molecule has 1 saturated heterocycles. The number of alkyl halides is 2. The van der Waals surface area contributed by atoms with Crippen molar-refractivity contribution in [3.8, 4) is 0 Å². The first-order valence-corrected chi connectivity index (χ1v) is 4.09. The first kappa shape index (κ1) is 9.42. The standard InChI is InChI=1S/C8H13F2NO/c1-6(8(2,9)10)7(12)11-4-3-5-11/h6H,3-5H2,1-2H3. The van der Waals surface area contributed by atoms with E-state index in [9.17, 15) is 13.6 Å². The average molecular weight is 177 g/mol. The van der Waals surface area contributed by atoms with Gasteiger partial charge in [0.25, 0.3) is 5.92 Å². The van der Waals surface area contributed by atoms with Crippen LogP contribution in [-0.4, -0.2) is 29.8 Å². The van der Waals surface area contributed by atoms with Crippen molar-refractivity contribution in [3.05, 3.63) is 0 Å². The summed E-state index contributed by atoms with van der Waals surface area (Å²) in [5.74, 6) is -4.50. The predicted molar refractivity (Wildman–Crippen MR) is 41.0 cm³/mol. The molecule has 0 radical (unpaired) electrons. The molecule has 12 heavy (non-hydrogen) atoms. The normalized spacial score (nSPS) is 20.2. The molecule has 0 aromatic rings. The number of halogens is 2. The molecule has 0 aliphatic carbocycles. The van der Waals surface area contributed by atoms with E-state index in [2.05, 4.69) is 0 Å². The molecule has 1 atom stereocenters. The summed E-state index contributed by atoms with van der Waals surface area (Å²) in [5.41, 5.74) is 0.